The van der Waals surface area contributed by atoms with Crippen LogP contribution in [-0.4, -0.2) is 34.1 Å². The molecule has 2 aromatic rings. The van der Waals surface area contributed by atoms with Crippen molar-refractivity contribution in [2.24, 2.45) is 5.73 Å². The first kappa shape index (κ1) is 18.2. The van der Waals surface area contributed by atoms with E-state index < -0.39 is 17.5 Å². The second-order valence-electron chi connectivity index (χ2n) is 7.26. The number of nitrogens with zero attached hydrogens (tertiary/aromatic N) is 3. The number of aromatic nitrogens is 2. The average Bonchev–Trinajstić information content (AvgIpc) is 3.08. The third-order valence-corrected chi connectivity index (χ3v) is 5.67. The van der Waals surface area contributed by atoms with Gasteiger partial charge in [-0.1, -0.05) is 0 Å². The number of benzene rings is 1. The summed E-state index contributed by atoms with van der Waals surface area (Å²) in [5.41, 5.74) is 8.50. The van der Waals surface area contributed by atoms with Gasteiger partial charge in [0.2, 0.25) is 0 Å². The summed E-state index contributed by atoms with van der Waals surface area (Å²) in [6.45, 7) is 1.43. The van der Waals surface area contributed by atoms with Crippen molar-refractivity contribution >= 4 is 0 Å². The van der Waals surface area contributed by atoms with E-state index in [4.69, 9.17) is 10.5 Å². The molecule has 0 amide bonds. The van der Waals surface area contributed by atoms with Gasteiger partial charge in [-0.3, -0.25) is 4.90 Å². The van der Waals surface area contributed by atoms with Crippen molar-refractivity contribution in [2.75, 3.05) is 7.11 Å². The van der Waals surface area contributed by atoms with Crippen LogP contribution >= 0.6 is 0 Å². The minimum absolute atomic E-state index is 0.167. The summed E-state index contributed by atoms with van der Waals surface area (Å²) in [7, 11) is 1.53. The maximum Gasteiger partial charge on any atom is 0.316 e. The Morgan fingerprint density at radius 1 is 1.11 bits per heavy atom. The van der Waals surface area contributed by atoms with Gasteiger partial charge in [-0.05, 0) is 30.9 Å². The Labute approximate surface area is 155 Å². The normalized spacial score (nSPS) is 25.4. The van der Waals surface area contributed by atoms with Crippen molar-refractivity contribution in [1.29, 1.82) is 0 Å². The zero-order valence-electron chi connectivity index (χ0n) is 15.0. The zero-order chi connectivity index (χ0) is 19.1. The lowest BCUT2D eigenvalue weighted by molar-refractivity contribution is 0.137. The standard InChI is InChI=1S/C19H21F3N4O/c1-27-19-24-7-10-8-26(9-18(10)25-19)11-2-3-12(17(23)4-11)13-5-15(21)16(22)6-14(13)20/h5-7,11-12,17H,2-4,8-9,23H2,1H3/t11?,12-,17?/m1/s1. The molecule has 3 atom stereocenters. The molecule has 2 unspecified atom stereocenters. The minimum Gasteiger partial charge on any atom is -0.467 e. The van der Waals surface area contributed by atoms with Gasteiger partial charge in [0.15, 0.2) is 11.6 Å². The van der Waals surface area contributed by atoms with Crippen molar-refractivity contribution in [3.8, 4) is 6.01 Å². The van der Waals surface area contributed by atoms with Crippen LogP contribution in [0.4, 0.5) is 13.2 Å². The van der Waals surface area contributed by atoms with Crippen LogP contribution in [0, 0.1) is 17.5 Å². The Morgan fingerprint density at radius 3 is 2.63 bits per heavy atom. The molecule has 144 valence electrons. The van der Waals surface area contributed by atoms with Crippen LogP contribution in [0.5, 0.6) is 6.01 Å². The van der Waals surface area contributed by atoms with Gasteiger partial charge in [-0.2, -0.15) is 4.98 Å². The van der Waals surface area contributed by atoms with E-state index in [1.807, 2.05) is 0 Å². The van der Waals surface area contributed by atoms with Gasteiger partial charge in [0, 0.05) is 48.9 Å². The smallest absolute Gasteiger partial charge is 0.316 e. The van der Waals surface area contributed by atoms with E-state index >= 15 is 0 Å². The van der Waals surface area contributed by atoms with E-state index in [-0.39, 0.29) is 23.6 Å². The van der Waals surface area contributed by atoms with Crippen LogP contribution in [0.3, 0.4) is 0 Å². The van der Waals surface area contributed by atoms with Crippen LogP contribution in [0.2, 0.25) is 0 Å². The largest absolute Gasteiger partial charge is 0.467 e. The highest BCUT2D eigenvalue weighted by atomic mass is 19.2. The average molecular weight is 378 g/mol. The molecule has 1 aromatic heterocycles. The summed E-state index contributed by atoms with van der Waals surface area (Å²) >= 11 is 0. The number of hydrogen-bond donors (Lipinski definition) is 1. The second kappa shape index (κ2) is 7.09. The van der Waals surface area contributed by atoms with Gasteiger partial charge in [-0.15, -0.1) is 0 Å². The van der Waals surface area contributed by atoms with Gasteiger partial charge in [0.25, 0.3) is 0 Å². The molecule has 2 N–H and O–H groups in total. The van der Waals surface area contributed by atoms with Crippen LogP contribution < -0.4 is 10.5 Å². The lowest BCUT2D eigenvalue weighted by atomic mass is 9.77. The zero-order valence-corrected chi connectivity index (χ0v) is 15.0. The van der Waals surface area contributed by atoms with Gasteiger partial charge in [0.1, 0.15) is 5.82 Å². The highest BCUT2D eigenvalue weighted by Gasteiger charge is 2.36. The number of nitrogens with two attached hydrogens (primary N) is 1. The monoisotopic (exact) mass is 378 g/mol. The molecule has 0 radical (unpaired) electrons. The molecule has 1 aromatic carbocycles. The predicted octanol–water partition coefficient (Wildman–Crippen LogP) is 2.88. The van der Waals surface area contributed by atoms with Gasteiger partial charge < -0.3 is 10.5 Å². The van der Waals surface area contributed by atoms with Crippen LogP contribution in [0.15, 0.2) is 18.3 Å². The highest BCUT2D eigenvalue weighted by Crippen LogP contribution is 2.38. The Morgan fingerprint density at radius 2 is 1.89 bits per heavy atom. The number of methoxy groups -OCH3 is 1. The third-order valence-electron chi connectivity index (χ3n) is 5.67. The summed E-state index contributed by atoms with van der Waals surface area (Å²) in [4.78, 5) is 10.8. The number of halogens is 3. The van der Waals surface area contributed by atoms with E-state index in [0.717, 1.165) is 30.3 Å². The van der Waals surface area contributed by atoms with Gasteiger partial charge in [0.05, 0.1) is 12.8 Å². The molecule has 4 rings (SSSR count). The van der Waals surface area contributed by atoms with Gasteiger partial charge in [-0.25, -0.2) is 18.2 Å². The number of fused-ring (bicyclic) bond motifs is 1. The lowest BCUT2D eigenvalue weighted by Gasteiger charge is -2.38. The SMILES string of the molecule is COc1ncc2c(n1)CN(C1CC[C@H](c3cc(F)c(F)cc3F)C(N)C1)C2. The van der Waals surface area contributed by atoms with Crippen molar-refractivity contribution < 1.29 is 17.9 Å². The van der Waals surface area contributed by atoms with Gasteiger partial charge >= 0.3 is 6.01 Å². The molecular formula is C19H21F3N4O. The van der Waals surface area contributed by atoms with Crippen LogP contribution in [0.25, 0.3) is 0 Å². The van der Waals surface area contributed by atoms with E-state index in [2.05, 4.69) is 14.9 Å². The summed E-state index contributed by atoms with van der Waals surface area (Å²) in [5.74, 6) is -3.27. The molecule has 2 aliphatic rings. The van der Waals surface area contributed by atoms with E-state index in [9.17, 15) is 13.2 Å². The molecule has 2 heterocycles. The summed E-state index contributed by atoms with van der Waals surface area (Å²) < 4.78 is 46.0. The summed E-state index contributed by atoms with van der Waals surface area (Å²) in [6, 6.07) is 1.80. The van der Waals surface area contributed by atoms with Crippen LogP contribution in [-0.2, 0) is 13.1 Å². The Bertz CT molecular complexity index is 863. The molecule has 1 saturated carbocycles. The number of rotatable bonds is 3. The fourth-order valence-electron chi connectivity index (χ4n) is 4.24. The molecule has 27 heavy (non-hydrogen) atoms. The van der Waals surface area contributed by atoms with E-state index in [1.165, 1.54) is 7.11 Å². The molecule has 0 spiro atoms. The Kier molecular flexibility index (Phi) is 4.77. The first-order valence-electron chi connectivity index (χ1n) is 8.99. The lowest BCUT2D eigenvalue weighted by Crippen LogP contribution is -2.44. The molecule has 0 bridgehead atoms. The maximum absolute atomic E-state index is 14.1. The van der Waals surface area contributed by atoms with Crippen LogP contribution in [0.1, 0.15) is 42.0 Å². The minimum atomic E-state index is -1.18. The molecule has 1 aliphatic carbocycles. The Hall–Kier alpha value is -2.19. The topological polar surface area (TPSA) is 64.3 Å². The van der Waals surface area contributed by atoms with E-state index in [1.54, 1.807) is 6.20 Å². The first-order chi connectivity index (χ1) is 13.0. The fraction of sp³-hybridized carbons (Fsp3) is 0.474. The summed E-state index contributed by atoms with van der Waals surface area (Å²) in [5, 5.41) is 0. The molecule has 1 aliphatic heterocycles. The van der Waals surface area contributed by atoms with Crippen molar-refractivity contribution in [1.82, 2.24) is 14.9 Å². The fourth-order valence-corrected chi connectivity index (χ4v) is 4.24. The van der Waals surface area contributed by atoms with Crippen molar-refractivity contribution in [3.63, 3.8) is 0 Å². The predicted molar refractivity (Wildman–Crippen MR) is 92.5 cm³/mol. The first-order valence-corrected chi connectivity index (χ1v) is 8.99. The third kappa shape index (κ3) is 3.39. The van der Waals surface area contributed by atoms with Crippen molar-refractivity contribution in [2.45, 2.75) is 50.4 Å². The Balaban J connectivity index is 1.46. The number of ether oxygens (including phenoxy) is 1. The van der Waals surface area contributed by atoms with Crippen molar-refractivity contribution in [3.05, 3.63) is 52.6 Å². The molecule has 8 heteroatoms. The summed E-state index contributed by atoms with van der Waals surface area (Å²) in [6.07, 6.45) is 3.86. The quantitative estimate of drug-likeness (QED) is 0.832. The maximum atomic E-state index is 14.1. The molecule has 0 saturated heterocycles. The highest BCUT2D eigenvalue weighted by molar-refractivity contribution is 5.27. The molecule has 1 fully saturated rings. The van der Waals surface area contributed by atoms with E-state index in [0.29, 0.717) is 31.5 Å². The molecular weight excluding hydrogens is 357 g/mol. The number of hydrogen-bond acceptors (Lipinski definition) is 5. The second-order valence-corrected chi connectivity index (χ2v) is 7.26. The molecule has 5 nitrogen and oxygen atoms in total.